The Morgan fingerprint density at radius 2 is 1.95 bits per heavy atom. The van der Waals surface area contributed by atoms with Crippen molar-refractivity contribution in [2.24, 2.45) is 4.99 Å². The number of phenolic OH excluding ortho intramolecular Hbond substituents is 2. The van der Waals surface area contributed by atoms with Crippen molar-refractivity contribution in [3.8, 4) is 11.5 Å². The first-order valence-corrected chi connectivity index (χ1v) is 5.98. The van der Waals surface area contributed by atoms with Crippen molar-refractivity contribution < 1.29 is 19.7 Å². The fourth-order valence-corrected chi connectivity index (χ4v) is 2.22. The quantitative estimate of drug-likeness (QED) is 0.715. The number of fused-ring (bicyclic) bond motifs is 1. The van der Waals surface area contributed by atoms with Gasteiger partial charge in [-0.25, -0.2) is 0 Å². The molecule has 0 fully saturated rings. The van der Waals surface area contributed by atoms with E-state index in [4.69, 9.17) is 9.52 Å². The van der Waals surface area contributed by atoms with E-state index in [1.54, 1.807) is 18.2 Å². The molecule has 1 aliphatic heterocycles. The molecule has 0 unspecified atom stereocenters. The molecule has 0 bridgehead atoms. The molecule has 0 atom stereocenters. The molecule has 5 heteroatoms. The number of aromatic hydroxyl groups is 2. The Morgan fingerprint density at radius 1 is 1.16 bits per heavy atom. The third-order valence-electron chi connectivity index (χ3n) is 3.16. The smallest absolute Gasteiger partial charge is 0.158 e. The summed E-state index contributed by atoms with van der Waals surface area (Å²) < 4.78 is 5.47. The summed E-state index contributed by atoms with van der Waals surface area (Å²) in [6.45, 7) is 0.433. The molecule has 5 nitrogen and oxygen atoms in total. The van der Waals surface area contributed by atoms with Crippen molar-refractivity contribution in [3.05, 3.63) is 46.9 Å². The maximum atomic E-state index is 9.62. The molecule has 1 aromatic heterocycles. The Morgan fingerprint density at radius 3 is 2.68 bits per heavy atom. The number of furan rings is 1. The molecule has 19 heavy (non-hydrogen) atoms. The van der Waals surface area contributed by atoms with Crippen LogP contribution in [0.4, 0.5) is 0 Å². The van der Waals surface area contributed by atoms with Crippen LogP contribution in [0.2, 0.25) is 0 Å². The van der Waals surface area contributed by atoms with Crippen LogP contribution < -0.4 is 0 Å². The van der Waals surface area contributed by atoms with Crippen LogP contribution in [0.5, 0.6) is 11.5 Å². The summed E-state index contributed by atoms with van der Waals surface area (Å²) in [6.07, 6.45) is 0.709. The minimum Gasteiger partial charge on any atom is -0.504 e. The average Bonchev–Trinajstić information content (AvgIpc) is 2.88. The lowest BCUT2D eigenvalue weighted by molar-refractivity contribution is 0.246. The first-order valence-electron chi connectivity index (χ1n) is 5.98. The summed E-state index contributed by atoms with van der Waals surface area (Å²) >= 11 is 0. The molecule has 3 rings (SSSR count). The fourth-order valence-electron chi connectivity index (χ4n) is 2.22. The Hall–Kier alpha value is -2.27. The normalized spacial score (nSPS) is 14.1. The van der Waals surface area contributed by atoms with E-state index in [0.29, 0.717) is 30.2 Å². The predicted octanol–water partition coefficient (Wildman–Crippen LogP) is 1.58. The molecule has 3 N–H and O–H groups in total. The second kappa shape index (κ2) is 4.44. The SMILES string of the molecule is OCc1ccc(C2=NCCc3cc(O)c(O)cc32)o1. The van der Waals surface area contributed by atoms with Gasteiger partial charge in [-0.15, -0.1) is 0 Å². The summed E-state index contributed by atoms with van der Waals surface area (Å²) in [5.41, 5.74) is 2.30. The van der Waals surface area contributed by atoms with E-state index in [0.717, 1.165) is 11.1 Å². The van der Waals surface area contributed by atoms with Crippen LogP contribution in [0.1, 0.15) is 22.6 Å². The van der Waals surface area contributed by atoms with E-state index in [1.165, 1.54) is 6.07 Å². The topological polar surface area (TPSA) is 86.2 Å². The predicted molar refractivity (Wildman–Crippen MR) is 68.6 cm³/mol. The molecular formula is C14H13NO4. The van der Waals surface area contributed by atoms with E-state index in [9.17, 15) is 10.2 Å². The standard InChI is InChI=1S/C14H13NO4/c16-7-9-1-2-13(19-9)14-10-6-12(18)11(17)5-8(10)3-4-15-14/h1-2,5-6,16-18H,3-4,7H2. The van der Waals surface area contributed by atoms with E-state index < -0.39 is 0 Å². The highest BCUT2D eigenvalue weighted by atomic mass is 16.4. The summed E-state index contributed by atoms with van der Waals surface area (Å²) in [4.78, 5) is 4.41. The molecule has 0 saturated heterocycles. The summed E-state index contributed by atoms with van der Waals surface area (Å²) in [7, 11) is 0. The minimum absolute atomic E-state index is 0.129. The zero-order chi connectivity index (χ0) is 13.4. The average molecular weight is 259 g/mol. The van der Waals surface area contributed by atoms with E-state index in [1.807, 2.05) is 0 Å². The number of rotatable bonds is 2. The lowest BCUT2D eigenvalue weighted by Crippen LogP contribution is -2.13. The lowest BCUT2D eigenvalue weighted by Gasteiger charge is -2.16. The van der Waals surface area contributed by atoms with Gasteiger partial charge in [0.1, 0.15) is 18.1 Å². The molecule has 0 amide bonds. The van der Waals surface area contributed by atoms with Crippen molar-refractivity contribution in [1.82, 2.24) is 0 Å². The third-order valence-corrected chi connectivity index (χ3v) is 3.16. The van der Waals surface area contributed by atoms with Gasteiger partial charge in [0, 0.05) is 12.1 Å². The summed E-state index contributed by atoms with van der Waals surface area (Å²) in [6, 6.07) is 6.47. The molecule has 0 saturated carbocycles. The second-order valence-electron chi connectivity index (χ2n) is 4.40. The van der Waals surface area contributed by atoms with Gasteiger partial charge in [0.2, 0.25) is 0 Å². The molecular weight excluding hydrogens is 246 g/mol. The van der Waals surface area contributed by atoms with Gasteiger partial charge >= 0.3 is 0 Å². The van der Waals surface area contributed by atoms with Crippen LogP contribution in [0.25, 0.3) is 0 Å². The number of aliphatic imine (C=N–C) groups is 1. The van der Waals surface area contributed by atoms with Gasteiger partial charge in [-0.2, -0.15) is 0 Å². The van der Waals surface area contributed by atoms with Crippen molar-refractivity contribution >= 4 is 5.71 Å². The minimum atomic E-state index is -0.178. The monoisotopic (exact) mass is 259 g/mol. The maximum absolute atomic E-state index is 9.62. The number of hydrogen-bond donors (Lipinski definition) is 3. The number of hydrogen-bond acceptors (Lipinski definition) is 5. The largest absolute Gasteiger partial charge is 0.504 e. The molecule has 0 spiro atoms. The third kappa shape index (κ3) is 1.98. The van der Waals surface area contributed by atoms with Crippen LogP contribution in [0.3, 0.4) is 0 Å². The molecule has 2 aromatic rings. The van der Waals surface area contributed by atoms with Crippen molar-refractivity contribution in [3.63, 3.8) is 0 Å². The molecule has 1 aliphatic rings. The van der Waals surface area contributed by atoms with Crippen LogP contribution in [0, 0.1) is 0 Å². The van der Waals surface area contributed by atoms with Crippen molar-refractivity contribution in [2.45, 2.75) is 13.0 Å². The van der Waals surface area contributed by atoms with Gasteiger partial charge in [-0.3, -0.25) is 4.99 Å². The Bertz CT molecular complexity index is 657. The lowest BCUT2D eigenvalue weighted by atomic mass is 9.95. The molecule has 0 radical (unpaired) electrons. The number of phenols is 2. The maximum Gasteiger partial charge on any atom is 0.158 e. The van der Waals surface area contributed by atoms with Crippen LogP contribution in [-0.4, -0.2) is 27.6 Å². The highest BCUT2D eigenvalue weighted by Crippen LogP contribution is 2.32. The van der Waals surface area contributed by atoms with E-state index >= 15 is 0 Å². The molecule has 0 aliphatic carbocycles. The Balaban J connectivity index is 2.10. The fraction of sp³-hybridized carbons (Fsp3) is 0.214. The highest BCUT2D eigenvalue weighted by molar-refractivity contribution is 6.13. The van der Waals surface area contributed by atoms with Gasteiger partial charge in [0.15, 0.2) is 17.3 Å². The zero-order valence-corrected chi connectivity index (χ0v) is 10.1. The van der Waals surface area contributed by atoms with Gasteiger partial charge in [0.05, 0.1) is 0 Å². The van der Waals surface area contributed by atoms with Gasteiger partial charge in [-0.1, -0.05) is 0 Å². The van der Waals surface area contributed by atoms with Crippen LogP contribution >= 0.6 is 0 Å². The number of benzene rings is 1. The highest BCUT2D eigenvalue weighted by Gasteiger charge is 2.20. The van der Waals surface area contributed by atoms with Gasteiger partial charge in [-0.05, 0) is 36.2 Å². The zero-order valence-electron chi connectivity index (χ0n) is 10.1. The Kier molecular flexibility index (Phi) is 2.76. The molecule has 2 heterocycles. The van der Waals surface area contributed by atoms with Crippen molar-refractivity contribution in [1.29, 1.82) is 0 Å². The summed E-state index contributed by atoms with van der Waals surface area (Å²) in [5.74, 6) is 0.709. The first kappa shape index (κ1) is 11.8. The number of aliphatic hydroxyl groups is 1. The summed E-state index contributed by atoms with van der Waals surface area (Å²) in [5, 5.41) is 28.2. The van der Waals surface area contributed by atoms with Gasteiger partial charge in [0.25, 0.3) is 0 Å². The van der Waals surface area contributed by atoms with E-state index in [-0.39, 0.29) is 18.1 Å². The van der Waals surface area contributed by atoms with Crippen LogP contribution in [-0.2, 0) is 13.0 Å². The molecule has 98 valence electrons. The van der Waals surface area contributed by atoms with E-state index in [2.05, 4.69) is 4.99 Å². The first-order chi connectivity index (χ1) is 9.19. The Labute approximate surface area is 109 Å². The van der Waals surface area contributed by atoms with Crippen LogP contribution in [0.15, 0.2) is 33.7 Å². The number of nitrogens with zero attached hydrogens (tertiary/aromatic N) is 1. The second-order valence-corrected chi connectivity index (χ2v) is 4.40. The molecule has 1 aromatic carbocycles. The van der Waals surface area contributed by atoms with Crippen molar-refractivity contribution in [2.75, 3.05) is 6.54 Å². The number of aliphatic hydroxyl groups excluding tert-OH is 1. The van der Waals surface area contributed by atoms with Gasteiger partial charge < -0.3 is 19.7 Å².